The molecule has 0 bridgehead atoms. The van der Waals surface area contributed by atoms with Crippen molar-refractivity contribution in [1.82, 2.24) is 5.32 Å². The lowest BCUT2D eigenvalue weighted by Crippen LogP contribution is -2.29. The fourth-order valence-electron chi connectivity index (χ4n) is 2.89. The molecule has 3 rings (SSSR count). The minimum Gasteiger partial charge on any atom is -0.493 e. The van der Waals surface area contributed by atoms with E-state index in [4.69, 9.17) is 9.47 Å². The fraction of sp³-hybridized carbons (Fsp3) is 0.625. The lowest BCUT2D eigenvalue weighted by atomic mass is 9.99. The molecule has 0 aliphatic carbocycles. The Hall–Kier alpha value is -1.06. The van der Waals surface area contributed by atoms with Gasteiger partial charge in [0.1, 0.15) is 5.75 Å². The third-order valence-corrected chi connectivity index (χ3v) is 4.27. The van der Waals surface area contributed by atoms with Gasteiger partial charge >= 0.3 is 0 Å². The van der Waals surface area contributed by atoms with Gasteiger partial charge in [-0.05, 0) is 49.4 Å². The smallest absolute Gasteiger partial charge is 0.122 e. The average Bonchev–Trinajstić information content (AvgIpc) is 2.93. The van der Waals surface area contributed by atoms with Crippen LogP contribution in [0.2, 0.25) is 0 Å². The molecule has 0 radical (unpaired) electrons. The van der Waals surface area contributed by atoms with Crippen LogP contribution in [0.25, 0.3) is 0 Å². The summed E-state index contributed by atoms with van der Waals surface area (Å²) >= 11 is 0. The molecule has 2 heterocycles. The van der Waals surface area contributed by atoms with E-state index in [1.54, 1.807) is 0 Å². The molecule has 1 aromatic rings. The van der Waals surface area contributed by atoms with Crippen LogP contribution in [0, 0.1) is 5.92 Å². The van der Waals surface area contributed by atoms with Crippen LogP contribution in [0.5, 0.6) is 5.75 Å². The van der Waals surface area contributed by atoms with E-state index < -0.39 is 0 Å². The summed E-state index contributed by atoms with van der Waals surface area (Å²) in [6.07, 6.45) is 3.44. The van der Waals surface area contributed by atoms with Crippen LogP contribution < -0.4 is 10.1 Å². The highest BCUT2D eigenvalue weighted by atomic mass is 16.5. The number of hydrogen-bond donors (Lipinski definition) is 1. The molecule has 19 heavy (non-hydrogen) atoms. The van der Waals surface area contributed by atoms with Crippen LogP contribution in [0.3, 0.4) is 0 Å². The first kappa shape index (κ1) is 12.9. The first-order valence-corrected chi connectivity index (χ1v) is 7.39. The summed E-state index contributed by atoms with van der Waals surface area (Å²) < 4.78 is 11.0. The molecule has 0 amide bonds. The highest BCUT2D eigenvalue weighted by molar-refractivity contribution is 5.40. The lowest BCUT2D eigenvalue weighted by molar-refractivity contribution is 0.0656. The van der Waals surface area contributed by atoms with E-state index >= 15 is 0 Å². The van der Waals surface area contributed by atoms with Gasteiger partial charge in [0, 0.05) is 25.7 Å². The molecule has 1 saturated heterocycles. The first-order chi connectivity index (χ1) is 9.33. The van der Waals surface area contributed by atoms with Crippen molar-refractivity contribution in [2.75, 3.05) is 26.4 Å². The van der Waals surface area contributed by atoms with Crippen molar-refractivity contribution in [3.8, 4) is 5.75 Å². The van der Waals surface area contributed by atoms with Crippen molar-refractivity contribution < 1.29 is 9.47 Å². The molecule has 0 aromatic heterocycles. The van der Waals surface area contributed by atoms with E-state index in [0.717, 1.165) is 44.5 Å². The summed E-state index contributed by atoms with van der Waals surface area (Å²) in [5, 5.41) is 3.66. The predicted octanol–water partition coefficient (Wildman–Crippen LogP) is 2.70. The highest BCUT2D eigenvalue weighted by Gasteiger charge is 2.17. The molecule has 0 spiro atoms. The normalized spacial score (nSPS) is 20.9. The number of benzene rings is 1. The Morgan fingerprint density at radius 2 is 2.11 bits per heavy atom. The van der Waals surface area contributed by atoms with Gasteiger partial charge in [-0.2, -0.15) is 0 Å². The van der Waals surface area contributed by atoms with Crippen molar-refractivity contribution in [3.63, 3.8) is 0 Å². The Morgan fingerprint density at radius 1 is 1.26 bits per heavy atom. The Morgan fingerprint density at radius 3 is 2.95 bits per heavy atom. The minimum atomic E-state index is 0.411. The van der Waals surface area contributed by atoms with Crippen LogP contribution in [-0.4, -0.2) is 26.4 Å². The van der Waals surface area contributed by atoms with Crippen LogP contribution in [-0.2, 0) is 11.2 Å². The molecule has 1 fully saturated rings. The summed E-state index contributed by atoms with van der Waals surface area (Å²) in [6, 6.07) is 7.01. The zero-order valence-electron chi connectivity index (χ0n) is 11.7. The summed E-state index contributed by atoms with van der Waals surface area (Å²) in [5.41, 5.74) is 2.73. The molecule has 2 aliphatic heterocycles. The second-order valence-corrected chi connectivity index (χ2v) is 5.65. The molecule has 1 aromatic carbocycles. The SMILES string of the molecule is CC(NCC1CCOCC1)c1ccc2c(c1)CCO2. The van der Waals surface area contributed by atoms with Gasteiger partial charge in [0.05, 0.1) is 6.61 Å². The number of ether oxygens (including phenoxy) is 2. The van der Waals surface area contributed by atoms with Gasteiger partial charge in [0.15, 0.2) is 0 Å². The molecule has 1 unspecified atom stereocenters. The van der Waals surface area contributed by atoms with E-state index in [1.165, 1.54) is 24.0 Å². The van der Waals surface area contributed by atoms with Crippen molar-refractivity contribution >= 4 is 0 Å². The van der Waals surface area contributed by atoms with Gasteiger partial charge in [-0.25, -0.2) is 0 Å². The Labute approximate surface area is 115 Å². The van der Waals surface area contributed by atoms with Crippen LogP contribution in [0.15, 0.2) is 18.2 Å². The van der Waals surface area contributed by atoms with Gasteiger partial charge in [-0.3, -0.25) is 0 Å². The van der Waals surface area contributed by atoms with Crippen molar-refractivity contribution in [2.45, 2.75) is 32.2 Å². The standard InChI is InChI=1S/C16H23NO2/c1-12(17-11-13-4-7-18-8-5-13)14-2-3-16-15(10-14)6-9-19-16/h2-3,10,12-13,17H,4-9,11H2,1H3. The number of nitrogens with one attached hydrogen (secondary N) is 1. The number of rotatable bonds is 4. The Bertz CT molecular complexity index is 427. The monoisotopic (exact) mass is 261 g/mol. The van der Waals surface area contributed by atoms with Gasteiger partial charge in [0.2, 0.25) is 0 Å². The molecule has 0 saturated carbocycles. The van der Waals surface area contributed by atoms with Crippen LogP contribution in [0.1, 0.15) is 36.9 Å². The van der Waals surface area contributed by atoms with Gasteiger partial charge in [-0.15, -0.1) is 0 Å². The van der Waals surface area contributed by atoms with Crippen molar-refractivity contribution in [1.29, 1.82) is 0 Å². The molecule has 1 N–H and O–H groups in total. The van der Waals surface area contributed by atoms with Gasteiger partial charge < -0.3 is 14.8 Å². The Kier molecular flexibility index (Phi) is 4.04. The summed E-state index contributed by atoms with van der Waals surface area (Å²) in [4.78, 5) is 0. The minimum absolute atomic E-state index is 0.411. The van der Waals surface area contributed by atoms with E-state index in [-0.39, 0.29) is 0 Å². The fourth-order valence-corrected chi connectivity index (χ4v) is 2.89. The van der Waals surface area contributed by atoms with E-state index in [2.05, 4.69) is 30.4 Å². The quantitative estimate of drug-likeness (QED) is 0.904. The van der Waals surface area contributed by atoms with Gasteiger partial charge in [0.25, 0.3) is 0 Å². The third-order valence-electron chi connectivity index (χ3n) is 4.27. The molecule has 3 heteroatoms. The molecule has 1 atom stereocenters. The van der Waals surface area contributed by atoms with Gasteiger partial charge in [-0.1, -0.05) is 12.1 Å². The molecule has 104 valence electrons. The average molecular weight is 261 g/mol. The molecular weight excluding hydrogens is 238 g/mol. The third kappa shape index (κ3) is 3.10. The molecule has 3 nitrogen and oxygen atoms in total. The van der Waals surface area contributed by atoms with Crippen molar-refractivity contribution in [2.24, 2.45) is 5.92 Å². The van der Waals surface area contributed by atoms with Crippen molar-refractivity contribution in [3.05, 3.63) is 29.3 Å². The molecular formula is C16H23NO2. The van der Waals surface area contributed by atoms with Crippen LogP contribution in [0.4, 0.5) is 0 Å². The van der Waals surface area contributed by atoms with Crippen LogP contribution >= 0.6 is 0 Å². The Balaban J connectivity index is 1.56. The summed E-state index contributed by atoms with van der Waals surface area (Å²) in [7, 11) is 0. The molecule has 2 aliphatic rings. The highest BCUT2D eigenvalue weighted by Crippen LogP contribution is 2.28. The second kappa shape index (κ2) is 5.93. The maximum Gasteiger partial charge on any atom is 0.122 e. The van der Waals surface area contributed by atoms with E-state index in [9.17, 15) is 0 Å². The zero-order valence-corrected chi connectivity index (χ0v) is 11.7. The van der Waals surface area contributed by atoms with E-state index in [0.29, 0.717) is 6.04 Å². The zero-order chi connectivity index (χ0) is 13.1. The number of fused-ring (bicyclic) bond motifs is 1. The first-order valence-electron chi connectivity index (χ1n) is 7.39. The van der Waals surface area contributed by atoms with E-state index in [1.807, 2.05) is 0 Å². The predicted molar refractivity (Wildman–Crippen MR) is 75.6 cm³/mol. The lowest BCUT2D eigenvalue weighted by Gasteiger charge is -2.24. The maximum absolute atomic E-state index is 5.55. The summed E-state index contributed by atoms with van der Waals surface area (Å²) in [6.45, 7) is 6.03. The maximum atomic E-state index is 5.55. The second-order valence-electron chi connectivity index (χ2n) is 5.65. The topological polar surface area (TPSA) is 30.5 Å². The largest absolute Gasteiger partial charge is 0.493 e. The summed E-state index contributed by atoms with van der Waals surface area (Å²) in [5.74, 6) is 1.84. The number of hydrogen-bond acceptors (Lipinski definition) is 3.